The number of hydrogen-bond donors (Lipinski definition) is 3. The van der Waals surface area contributed by atoms with Crippen molar-refractivity contribution < 1.29 is 4.74 Å². The fraction of sp³-hybridized carbons (Fsp3) is 0.333. The maximum atomic E-state index is 5.81. The molecule has 0 aromatic heterocycles. The van der Waals surface area contributed by atoms with Crippen LogP contribution in [0.2, 0.25) is 0 Å². The first-order chi connectivity index (χ1) is 6.15. The van der Waals surface area contributed by atoms with Gasteiger partial charge in [-0.3, -0.25) is 0 Å². The van der Waals surface area contributed by atoms with Crippen LogP contribution in [0.1, 0.15) is 11.6 Å². The van der Waals surface area contributed by atoms with Crippen LogP contribution in [0.3, 0.4) is 0 Å². The van der Waals surface area contributed by atoms with Crippen molar-refractivity contribution in [2.45, 2.75) is 6.04 Å². The monoisotopic (exact) mass is 181 g/mol. The van der Waals surface area contributed by atoms with E-state index >= 15 is 0 Å². The summed E-state index contributed by atoms with van der Waals surface area (Å²) in [4.78, 5) is 0. The Morgan fingerprint density at radius 2 is 2.08 bits per heavy atom. The summed E-state index contributed by atoms with van der Waals surface area (Å²) >= 11 is 0. The van der Waals surface area contributed by atoms with Crippen molar-refractivity contribution in [2.75, 3.05) is 25.2 Å². The number of hydrogen-bond acceptors (Lipinski definition) is 4. The summed E-state index contributed by atoms with van der Waals surface area (Å²) in [7, 11) is 1.60. The maximum Gasteiger partial charge on any atom is 0.0656 e. The molecule has 1 atom stereocenters. The number of anilines is 2. The SMILES string of the molecule is COC[C@@H](N)c1cc(N)ccc1N. The van der Waals surface area contributed by atoms with E-state index < -0.39 is 0 Å². The molecule has 13 heavy (non-hydrogen) atoms. The molecule has 0 aliphatic heterocycles. The molecule has 1 aromatic rings. The molecule has 0 radical (unpaired) electrons. The summed E-state index contributed by atoms with van der Waals surface area (Å²) in [5.41, 5.74) is 19.3. The predicted molar refractivity (Wildman–Crippen MR) is 54.1 cm³/mol. The van der Waals surface area contributed by atoms with Crippen molar-refractivity contribution in [3.63, 3.8) is 0 Å². The molecular weight excluding hydrogens is 166 g/mol. The molecule has 0 spiro atoms. The third-order valence-corrected chi connectivity index (χ3v) is 1.86. The second kappa shape index (κ2) is 4.11. The Morgan fingerprint density at radius 1 is 1.38 bits per heavy atom. The zero-order chi connectivity index (χ0) is 9.84. The van der Waals surface area contributed by atoms with Crippen LogP contribution >= 0.6 is 0 Å². The molecule has 0 amide bonds. The van der Waals surface area contributed by atoms with Crippen LogP contribution in [0.5, 0.6) is 0 Å². The smallest absolute Gasteiger partial charge is 0.0656 e. The fourth-order valence-corrected chi connectivity index (χ4v) is 1.18. The maximum absolute atomic E-state index is 5.81. The van der Waals surface area contributed by atoms with Crippen LogP contribution in [0.25, 0.3) is 0 Å². The number of methoxy groups -OCH3 is 1. The molecule has 1 rings (SSSR count). The van der Waals surface area contributed by atoms with Crippen molar-refractivity contribution in [2.24, 2.45) is 5.73 Å². The number of nitrogen functional groups attached to an aromatic ring is 2. The third-order valence-electron chi connectivity index (χ3n) is 1.86. The van der Waals surface area contributed by atoms with E-state index in [9.17, 15) is 0 Å². The first kappa shape index (κ1) is 9.83. The zero-order valence-corrected chi connectivity index (χ0v) is 7.66. The van der Waals surface area contributed by atoms with E-state index in [2.05, 4.69) is 0 Å². The van der Waals surface area contributed by atoms with E-state index in [1.807, 2.05) is 0 Å². The summed E-state index contributed by atoms with van der Waals surface area (Å²) in [5.74, 6) is 0. The summed E-state index contributed by atoms with van der Waals surface area (Å²) in [6.45, 7) is 0.438. The van der Waals surface area contributed by atoms with E-state index in [1.54, 1.807) is 25.3 Å². The molecular formula is C9H15N3O. The van der Waals surface area contributed by atoms with Crippen LogP contribution in [-0.2, 0) is 4.74 Å². The summed E-state index contributed by atoms with van der Waals surface area (Å²) < 4.78 is 4.93. The first-order valence-electron chi connectivity index (χ1n) is 4.04. The average molecular weight is 181 g/mol. The van der Waals surface area contributed by atoms with E-state index in [0.29, 0.717) is 18.0 Å². The standard InChI is InChI=1S/C9H15N3O/c1-13-5-9(12)7-4-6(10)2-3-8(7)11/h2-4,9H,5,10-12H2,1H3/t9-/m1/s1. The Hall–Kier alpha value is -1.26. The lowest BCUT2D eigenvalue weighted by Crippen LogP contribution is -2.17. The molecule has 0 aliphatic carbocycles. The summed E-state index contributed by atoms with van der Waals surface area (Å²) in [5, 5.41) is 0. The molecule has 0 saturated heterocycles. The third kappa shape index (κ3) is 2.34. The first-order valence-corrected chi connectivity index (χ1v) is 4.04. The summed E-state index contributed by atoms with van der Waals surface area (Å²) in [6, 6.07) is 5.06. The van der Waals surface area contributed by atoms with Gasteiger partial charge in [0.2, 0.25) is 0 Å². The van der Waals surface area contributed by atoms with Gasteiger partial charge in [0.25, 0.3) is 0 Å². The second-order valence-electron chi connectivity index (χ2n) is 2.95. The number of benzene rings is 1. The van der Waals surface area contributed by atoms with Gasteiger partial charge < -0.3 is 21.9 Å². The minimum absolute atomic E-state index is 0.214. The predicted octanol–water partition coefficient (Wildman–Crippen LogP) is 0.497. The van der Waals surface area contributed by atoms with E-state index in [1.165, 1.54) is 0 Å². The highest BCUT2D eigenvalue weighted by Crippen LogP contribution is 2.21. The van der Waals surface area contributed by atoms with Gasteiger partial charge in [-0.1, -0.05) is 0 Å². The Labute approximate surface area is 77.7 Å². The molecule has 0 heterocycles. The lowest BCUT2D eigenvalue weighted by molar-refractivity contribution is 0.181. The van der Waals surface area contributed by atoms with E-state index in [0.717, 1.165) is 5.56 Å². The van der Waals surface area contributed by atoms with Gasteiger partial charge in [0.1, 0.15) is 0 Å². The molecule has 0 saturated carbocycles. The fourth-order valence-electron chi connectivity index (χ4n) is 1.18. The average Bonchev–Trinajstić information content (AvgIpc) is 2.09. The van der Waals surface area contributed by atoms with E-state index in [4.69, 9.17) is 21.9 Å². The van der Waals surface area contributed by atoms with Crippen molar-refractivity contribution >= 4 is 11.4 Å². The molecule has 0 bridgehead atoms. The van der Waals surface area contributed by atoms with Crippen molar-refractivity contribution in [3.05, 3.63) is 23.8 Å². The highest BCUT2D eigenvalue weighted by molar-refractivity contribution is 5.56. The number of ether oxygens (including phenoxy) is 1. The molecule has 72 valence electrons. The Morgan fingerprint density at radius 3 is 2.69 bits per heavy atom. The van der Waals surface area contributed by atoms with Gasteiger partial charge in [0.05, 0.1) is 12.6 Å². The van der Waals surface area contributed by atoms with Crippen molar-refractivity contribution in [1.82, 2.24) is 0 Å². The lowest BCUT2D eigenvalue weighted by Gasteiger charge is -2.13. The van der Waals surface area contributed by atoms with Crippen LogP contribution in [0.4, 0.5) is 11.4 Å². The van der Waals surface area contributed by atoms with Gasteiger partial charge in [-0.15, -0.1) is 0 Å². The van der Waals surface area contributed by atoms with Crippen LogP contribution in [0, 0.1) is 0 Å². The molecule has 0 aliphatic rings. The van der Waals surface area contributed by atoms with Crippen LogP contribution < -0.4 is 17.2 Å². The highest BCUT2D eigenvalue weighted by atomic mass is 16.5. The van der Waals surface area contributed by atoms with Gasteiger partial charge in [0.15, 0.2) is 0 Å². The van der Waals surface area contributed by atoms with Crippen molar-refractivity contribution in [3.8, 4) is 0 Å². The quantitative estimate of drug-likeness (QED) is 0.592. The van der Waals surface area contributed by atoms with E-state index in [-0.39, 0.29) is 6.04 Å². The largest absolute Gasteiger partial charge is 0.399 e. The molecule has 0 fully saturated rings. The Bertz CT molecular complexity index is 288. The summed E-state index contributed by atoms with van der Waals surface area (Å²) in [6.07, 6.45) is 0. The molecule has 6 N–H and O–H groups in total. The normalized spacial score (nSPS) is 12.8. The topological polar surface area (TPSA) is 87.3 Å². The minimum Gasteiger partial charge on any atom is -0.399 e. The number of nitrogens with two attached hydrogens (primary N) is 3. The van der Waals surface area contributed by atoms with Gasteiger partial charge in [0, 0.05) is 18.5 Å². The lowest BCUT2D eigenvalue weighted by atomic mass is 10.1. The molecule has 0 unspecified atom stereocenters. The van der Waals surface area contributed by atoms with Crippen molar-refractivity contribution in [1.29, 1.82) is 0 Å². The van der Waals surface area contributed by atoms with Gasteiger partial charge in [-0.25, -0.2) is 0 Å². The Balaban J connectivity index is 2.91. The van der Waals surface area contributed by atoms with Crippen LogP contribution in [-0.4, -0.2) is 13.7 Å². The van der Waals surface area contributed by atoms with Gasteiger partial charge >= 0.3 is 0 Å². The van der Waals surface area contributed by atoms with Gasteiger partial charge in [-0.05, 0) is 23.8 Å². The Kier molecular flexibility index (Phi) is 3.11. The molecule has 4 heteroatoms. The van der Waals surface area contributed by atoms with Gasteiger partial charge in [-0.2, -0.15) is 0 Å². The second-order valence-corrected chi connectivity index (χ2v) is 2.95. The number of rotatable bonds is 3. The molecule has 4 nitrogen and oxygen atoms in total. The zero-order valence-electron chi connectivity index (χ0n) is 7.66. The van der Waals surface area contributed by atoms with Crippen LogP contribution in [0.15, 0.2) is 18.2 Å². The molecule has 1 aromatic carbocycles. The highest BCUT2D eigenvalue weighted by Gasteiger charge is 2.08. The minimum atomic E-state index is -0.214.